The van der Waals surface area contributed by atoms with Crippen LogP contribution in [-0.4, -0.2) is 59.1 Å². The van der Waals surface area contributed by atoms with Crippen LogP contribution in [0.5, 0.6) is 17.2 Å². The van der Waals surface area contributed by atoms with Crippen LogP contribution in [-0.2, 0) is 9.53 Å². The lowest BCUT2D eigenvalue weighted by Crippen LogP contribution is -2.54. The molecule has 0 radical (unpaired) electrons. The van der Waals surface area contributed by atoms with Gasteiger partial charge in [-0.3, -0.25) is 4.79 Å². The summed E-state index contributed by atoms with van der Waals surface area (Å²) in [6, 6.07) is 5.32. The summed E-state index contributed by atoms with van der Waals surface area (Å²) >= 11 is 0. The molecule has 0 atom stereocenters. The minimum Gasteiger partial charge on any atom is -0.496 e. The fraction of sp³-hybridized carbons (Fsp3) is 0.588. The van der Waals surface area contributed by atoms with Gasteiger partial charge in [0.1, 0.15) is 29.5 Å². The maximum absolute atomic E-state index is 12.4. The Morgan fingerprint density at radius 1 is 1.08 bits per heavy atom. The summed E-state index contributed by atoms with van der Waals surface area (Å²) in [6.07, 6.45) is 1.34. The molecule has 0 bridgehead atoms. The predicted octanol–water partition coefficient (Wildman–Crippen LogP) is 1.39. The van der Waals surface area contributed by atoms with Gasteiger partial charge in [-0.25, -0.2) is 0 Å². The number of halogens is 1. The number of nitrogens with one attached hydrogen (secondary N) is 2. The Morgan fingerprint density at radius 3 is 2.16 bits per heavy atom. The molecule has 1 amide bonds. The van der Waals surface area contributed by atoms with E-state index in [0.717, 1.165) is 13.1 Å². The first-order chi connectivity index (χ1) is 11.6. The van der Waals surface area contributed by atoms with Gasteiger partial charge in [0, 0.05) is 25.3 Å². The summed E-state index contributed by atoms with van der Waals surface area (Å²) in [6.45, 7) is 2.31. The van der Waals surface area contributed by atoms with Crippen molar-refractivity contribution < 1.29 is 23.7 Å². The average Bonchev–Trinajstić information content (AvgIpc) is 2.65. The van der Waals surface area contributed by atoms with Gasteiger partial charge in [0.2, 0.25) is 0 Å². The van der Waals surface area contributed by atoms with Gasteiger partial charge in [-0.1, -0.05) is 0 Å². The number of piperidine rings is 1. The van der Waals surface area contributed by atoms with Crippen LogP contribution in [0, 0.1) is 0 Å². The van der Waals surface area contributed by atoms with Crippen molar-refractivity contribution in [3.8, 4) is 17.2 Å². The molecule has 1 aromatic carbocycles. The molecule has 1 aliphatic rings. The Hall–Kier alpha value is -1.70. The molecule has 142 valence electrons. The Kier molecular flexibility index (Phi) is 8.82. The molecular formula is C17H27ClN2O5. The monoisotopic (exact) mass is 374 g/mol. The summed E-state index contributed by atoms with van der Waals surface area (Å²) in [5, 5.41) is 6.12. The average molecular weight is 375 g/mol. The minimum absolute atomic E-state index is 0. The maximum Gasteiger partial charge on any atom is 0.252 e. The van der Waals surface area contributed by atoms with Crippen LogP contribution in [0.3, 0.4) is 0 Å². The van der Waals surface area contributed by atoms with Crippen molar-refractivity contribution in [2.75, 3.05) is 47.6 Å². The molecule has 2 rings (SSSR count). The first-order valence-electron chi connectivity index (χ1n) is 8.03. The zero-order valence-electron chi connectivity index (χ0n) is 14.9. The largest absolute Gasteiger partial charge is 0.496 e. The summed E-state index contributed by atoms with van der Waals surface area (Å²) in [5.74, 6) is 1.85. The van der Waals surface area contributed by atoms with Gasteiger partial charge >= 0.3 is 0 Å². The molecule has 1 saturated heterocycles. The second-order valence-corrected chi connectivity index (χ2v) is 5.60. The zero-order chi connectivity index (χ0) is 17.4. The van der Waals surface area contributed by atoms with E-state index in [9.17, 15) is 4.79 Å². The minimum atomic E-state index is -0.732. The van der Waals surface area contributed by atoms with Gasteiger partial charge < -0.3 is 29.6 Å². The van der Waals surface area contributed by atoms with E-state index in [-0.39, 0.29) is 18.3 Å². The number of methoxy groups -OCH3 is 3. The van der Waals surface area contributed by atoms with Crippen molar-refractivity contribution in [2.24, 2.45) is 0 Å². The fourth-order valence-electron chi connectivity index (χ4n) is 2.71. The van der Waals surface area contributed by atoms with Crippen LogP contribution < -0.4 is 24.8 Å². The van der Waals surface area contributed by atoms with Crippen molar-refractivity contribution in [3.63, 3.8) is 0 Å². The lowest BCUT2D eigenvalue weighted by atomic mass is 9.91. The number of amides is 1. The van der Waals surface area contributed by atoms with E-state index in [1.54, 1.807) is 39.5 Å². The summed E-state index contributed by atoms with van der Waals surface area (Å²) in [7, 11) is 4.76. The van der Waals surface area contributed by atoms with E-state index in [4.69, 9.17) is 18.9 Å². The van der Waals surface area contributed by atoms with Crippen molar-refractivity contribution in [1.29, 1.82) is 0 Å². The van der Waals surface area contributed by atoms with Gasteiger partial charge in [-0.15, -0.1) is 12.4 Å². The van der Waals surface area contributed by atoms with E-state index in [1.807, 2.05) is 0 Å². The standard InChI is InChI=1S/C17H26N2O5.ClH/c1-21-13-10-14(22-2)12-15(11-13)24-9-8-19-16(20)17(23-3)4-6-18-7-5-17;/h10-12,18H,4-9H2,1-3H3,(H,19,20);1H. The zero-order valence-corrected chi connectivity index (χ0v) is 15.7. The van der Waals surface area contributed by atoms with E-state index in [1.165, 1.54) is 0 Å². The highest BCUT2D eigenvalue weighted by Gasteiger charge is 2.39. The normalized spacial score (nSPS) is 15.6. The summed E-state index contributed by atoms with van der Waals surface area (Å²) in [4.78, 5) is 12.4. The molecule has 0 unspecified atom stereocenters. The predicted molar refractivity (Wildman–Crippen MR) is 97.1 cm³/mol. The molecular weight excluding hydrogens is 348 g/mol. The van der Waals surface area contributed by atoms with Gasteiger partial charge in [-0.2, -0.15) is 0 Å². The van der Waals surface area contributed by atoms with E-state index >= 15 is 0 Å². The Labute approximate surface area is 154 Å². The van der Waals surface area contributed by atoms with E-state index < -0.39 is 5.60 Å². The Morgan fingerprint density at radius 2 is 1.64 bits per heavy atom. The number of carbonyl (C=O) groups is 1. The number of carbonyl (C=O) groups excluding carboxylic acids is 1. The van der Waals surface area contributed by atoms with Crippen LogP contribution in [0.2, 0.25) is 0 Å². The van der Waals surface area contributed by atoms with Gasteiger partial charge in [0.05, 0.1) is 20.8 Å². The van der Waals surface area contributed by atoms with Crippen molar-refractivity contribution in [1.82, 2.24) is 10.6 Å². The third kappa shape index (κ3) is 5.66. The molecule has 25 heavy (non-hydrogen) atoms. The van der Waals surface area contributed by atoms with Crippen molar-refractivity contribution in [2.45, 2.75) is 18.4 Å². The molecule has 0 aliphatic carbocycles. The number of hydrogen-bond donors (Lipinski definition) is 2. The SMILES string of the molecule is COc1cc(OC)cc(OCCNC(=O)C2(OC)CCNCC2)c1.Cl. The third-order valence-corrected chi connectivity index (χ3v) is 4.20. The first-order valence-corrected chi connectivity index (χ1v) is 8.03. The first kappa shape index (κ1) is 21.3. The topological polar surface area (TPSA) is 78.0 Å². The number of hydrogen-bond acceptors (Lipinski definition) is 6. The van der Waals surface area contributed by atoms with E-state index in [2.05, 4.69) is 10.6 Å². The highest BCUT2D eigenvalue weighted by molar-refractivity contribution is 5.85. The van der Waals surface area contributed by atoms with Crippen molar-refractivity contribution in [3.05, 3.63) is 18.2 Å². The highest BCUT2D eigenvalue weighted by Crippen LogP contribution is 2.27. The molecule has 1 heterocycles. The molecule has 8 heteroatoms. The number of benzene rings is 1. The van der Waals surface area contributed by atoms with Crippen LogP contribution in [0.1, 0.15) is 12.8 Å². The van der Waals surface area contributed by atoms with Gasteiger partial charge in [-0.05, 0) is 25.9 Å². The number of ether oxygens (including phenoxy) is 4. The molecule has 7 nitrogen and oxygen atoms in total. The lowest BCUT2D eigenvalue weighted by molar-refractivity contribution is -0.146. The van der Waals surface area contributed by atoms with Crippen LogP contribution >= 0.6 is 12.4 Å². The van der Waals surface area contributed by atoms with Crippen LogP contribution in [0.15, 0.2) is 18.2 Å². The molecule has 1 aromatic rings. The van der Waals surface area contributed by atoms with Crippen molar-refractivity contribution >= 4 is 18.3 Å². The third-order valence-electron chi connectivity index (χ3n) is 4.20. The summed E-state index contributed by atoms with van der Waals surface area (Å²) in [5.41, 5.74) is -0.732. The van der Waals surface area contributed by atoms with E-state index in [0.29, 0.717) is 43.2 Å². The van der Waals surface area contributed by atoms with Gasteiger partial charge in [0.15, 0.2) is 0 Å². The van der Waals surface area contributed by atoms with Gasteiger partial charge in [0.25, 0.3) is 5.91 Å². The second-order valence-electron chi connectivity index (χ2n) is 5.60. The Bertz CT molecular complexity index is 528. The Balaban J connectivity index is 0.00000312. The maximum atomic E-state index is 12.4. The lowest BCUT2D eigenvalue weighted by Gasteiger charge is -2.34. The molecule has 2 N–H and O–H groups in total. The highest BCUT2D eigenvalue weighted by atomic mass is 35.5. The second kappa shape index (κ2) is 10.3. The molecule has 0 saturated carbocycles. The molecule has 0 spiro atoms. The van der Waals surface area contributed by atoms with Crippen LogP contribution in [0.4, 0.5) is 0 Å². The molecule has 0 aromatic heterocycles. The fourth-order valence-corrected chi connectivity index (χ4v) is 2.71. The molecule has 1 aliphatic heterocycles. The number of rotatable bonds is 8. The summed E-state index contributed by atoms with van der Waals surface area (Å²) < 4.78 is 21.6. The molecule has 1 fully saturated rings. The van der Waals surface area contributed by atoms with Crippen LogP contribution in [0.25, 0.3) is 0 Å². The quantitative estimate of drug-likeness (QED) is 0.669. The smallest absolute Gasteiger partial charge is 0.252 e.